The van der Waals surface area contributed by atoms with Crippen LogP contribution in [-0.4, -0.2) is 22.6 Å². The summed E-state index contributed by atoms with van der Waals surface area (Å²) < 4.78 is 37.1. The molecule has 0 unspecified atom stereocenters. The summed E-state index contributed by atoms with van der Waals surface area (Å²) in [5.74, 6) is -0.726. The molecule has 0 spiro atoms. The molecule has 0 aliphatic carbocycles. The van der Waals surface area contributed by atoms with Crippen molar-refractivity contribution < 1.29 is 23.1 Å². The first-order valence-corrected chi connectivity index (χ1v) is 5.87. The number of alkyl halides is 3. The minimum absolute atomic E-state index is 0.0514. The van der Waals surface area contributed by atoms with Crippen molar-refractivity contribution in [2.24, 2.45) is 0 Å². The van der Waals surface area contributed by atoms with Crippen molar-refractivity contribution in [2.45, 2.75) is 25.4 Å². The summed E-state index contributed by atoms with van der Waals surface area (Å²) in [7, 11) is 0. The normalized spacial score (nSPS) is 11.4. The number of carboxylic acids is 1. The molecule has 0 aliphatic rings. The fraction of sp³-hybridized carbons (Fsp3) is 0.455. The van der Waals surface area contributed by atoms with Gasteiger partial charge in [-0.05, 0) is 18.9 Å². The molecule has 0 aliphatic heterocycles. The van der Waals surface area contributed by atoms with Crippen molar-refractivity contribution in [3.05, 3.63) is 22.8 Å². The van der Waals surface area contributed by atoms with Gasteiger partial charge in [0.1, 0.15) is 5.82 Å². The van der Waals surface area contributed by atoms with Gasteiger partial charge in [0.15, 0.2) is 0 Å². The number of aromatic nitrogens is 1. The molecule has 1 rings (SSSR count). The van der Waals surface area contributed by atoms with Crippen molar-refractivity contribution in [2.75, 3.05) is 11.9 Å². The van der Waals surface area contributed by atoms with Gasteiger partial charge in [-0.25, -0.2) is 4.98 Å². The van der Waals surface area contributed by atoms with Crippen molar-refractivity contribution in [1.82, 2.24) is 4.98 Å². The van der Waals surface area contributed by atoms with Crippen LogP contribution in [0.3, 0.4) is 0 Å². The number of unbranched alkanes of at least 4 members (excludes halogenated alkanes) is 1. The number of nitrogens with one attached hydrogen (secondary N) is 1. The first kappa shape index (κ1) is 15.6. The van der Waals surface area contributed by atoms with Crippen LogP contribution in [0.15, 0.2) is 12.3 Å². The molecule has 1 heterocycles. The monoisotopic (exact) mass is 296 g/mol. The highest BCUT2D eigenvalue weighted by molar-refractivity contribution is 6.32. The lowest BCUT2D eigenvalue weighted by molar-refractivity contribution is -0.138. The van der Waals surface area contributed by atoms with Crippen LogP contribution in [0.2, 0.25) is 5.02 Å². The van der Waals surface area contributed by atoms with E-state index < -0.39 is 17.7 Å². The van der Waals surface area contributed by atoms with E-state index in [2.05, 4.69) is 10.3 Å². The molecule has 0 radical (unpaired) electrons. The Balaban J connectivity index is 2.49. The zero-order valence-corrected chi connectivity index (χ0v) is 10.6. The van der Waals surface area contributed by atoms with Crippen molar-refractivity contribution in [1.29, 1.82) is 0 Å². The topological polar surface area (TPSA) is 62.2 Å². The molecular weight excluding hydrogens is 285 g/mol. The van der Waals surface area contributed by atoms with E-state index in [1.54, 1.807) is 0 Å². The summed E-state index contributed by atoms with van der Waals surface area (Å²) in [6, 6.07) is 0.800. The highest BCUT2D eigenvalue weighted by atomic mass is 35.5. The summed E-state index contributed by atoms with van der Waals surface area (Å²) in [6.45, 7) is 0.394. The molecule has 2 N–H and O–H groups in total. The molecule has 0 bridgehead atoms. The summed E-state index contributed by atoms with van der Waals surface area (Å²) in [4.78, 5) is 13.9. The molecule has 1 aromatic rings. The Morgan fingerprint density at radius 2 is 2.11 bits per heavy atom. The van der Waals surface area contributed by atoms with Crippen LogP contribution < -0.4 is 5.32 Å². The van der Waals surface area contributed by atoms with E-state index >= 15 is 0 Å². The molecule has 0 fully saturated rings. The van der Waals surface area contributed by atoms with Crippen LogP contribution in [0.5, 0.6) is 0 Å². The van der Waals surface area contributed by atoms with Crippen LogP contribution in [0.1, 0.15) is 24.8 Å². The Hall–Kier alpha value is -1.50. The van der Waals surface area contributed by atoms with Crippen LogP contribution in [-0.2, 0) is 11.0 Å². The van der Waals surface area contributed by atoms with Crippen molar-refractivity contribution >= 4 is 23.4 Å². The lowest BCUT2D eigenvalue weighted by Crippen LogP contribution is -2.09. The summed E-state index contributed by atoms with van der Waals surface area (Å²) in [6.07, 6.45) is -2.69. The van der Waals surface area contributed by atoms with Gasteiger partial charge in [0.2, 0.25) is 0 Å². The van der Waals surface area contributed by atoms with E-state index in [-0.39, 0.29) is 17.3 Å². The molecule has 106 valence electrons. The second-order valence-corrected chi connectivity index (χ2v) is 4.24. The lowest BCUT2D eigenvalue weighted by Gasteiger charge is -2.10. The zero-order valence-electron chi connectivity index (χ0n) is 9.80. The van der Waals surface area contributed by atoms with Gasteiger partial charge in [-0.3, -0.25) is 4.79 Å². The fourth-order valence-electron chi connectivity index (χ4n) is 1.33. The largest absolute Gasteiger partial charge is 0.481 e. The van der Waals surface area contributed by atoms with Gasteiger partial charge in [0, 0.05) is 19.2 Å². The molecule has 19 heavy (non-hydrogen) atoms. The number of hydrogen-bond donors (Lipinski definition) is 2. The number of pyridine rings is 1. The Morgan fingerprint density at radius 3 is 2.63 bits per heavy atom. The Bertz CT molecular complexity index is 452. The van der Waals surface area contributed by atoms with E-state index in [0.717, 1.165) is 6.07 Å². The van der Waals surface area contributed by atoms with E-state index in [1.807, 2.05) is 0 Å². The first-order chi connectivity index (χ1) is 8.80. The predicted octanol–water partition coefficient (Wildman–Crippen LogP) is 3.42. The minimum atomic E-state index is -4.48. The standard InChI is InChI=1S/C11H12ClF3N2O2/c12-8-5-7(11(13,14)15)6-17-10(8)16-4-2-1-3-9(18)19/h5-6H,1-4H2,(H,16,17)(H,18,19). The van der Waals surface area contributed by atoms with E-state index in [1.165, 1.54) is 0 Å². The average Bonchev–Trinajstić information content (AvgIpc) is 2.28. The minimum Gasteiger partial charge on any atom is -0.481 e. The number of rotatable bonds is 6. The highest BCUT2D eigenvalue weighted by Crippen LogP contribution is 2.32. The second-order valence-electron chi connectivity index (χ2n) is 3.83. The Kier molecular flexibility index (Phi) is 5.41. The number of carboxylic acid groups (broad SMARTS) is 1. The summed E-state index contributed by atoms with van der Waals surface area (Å²) in [5.41, 5.74) is -0.908. The van der Waals surface area contributed by atoms with Gasteiger partial charge in [0.05, 0.1) is 10.6 Å². The molecular formula is C11H12ClF3N2O2. The predicted molar refractivity (Wildman–Crippen MR) is 64.2 cm³/mol. The number of hydrogen-bond acceptors (Lipinski definition) is 3. The molecule has 1 aromatic heterocycles. The first-order valence-electron chi connectivity index (χ1n) is 5.49. The van der Waals surface area contributed by atoms with Gasteiger partial charge in [-0.1, -0.05) is 11.6 Å². The van der Waals surface area contributed by atoms with Gasteiger partial charge >= 0.3 is 12.1 Å². The van der Waals surface area contributed by atoms with Crippen LogP contribution in [0.4, 0.5) is 19.0 Å². The molecule has 0 atom stereocenters. The van der Waals surface area contributed by atoms with Gasteiger partial charge in [0.25, 0.3) is 0 Å². The van der Waals surface area contributed by atoms with E-state index in [4.69, 9.17) is 16.7 Å². The average molecular weight is 297 g/mol. The summed E-state index contributed by atoms with van der Waals surface area (Å²) >= 11 is 5.68. The quantitative estimate of drug-likeness (QED) is 0.790. The summed E-state index contributed by atoms with van der Waals surface area (Å²) in [5, 5.41) is 11.1. The van der Waals surface area contributed by atoms with Crippen LogP contribution >= 0.6 is 11.6 Å². The van der Waals surface area contributed by atoms with Crippen LogP contribution in [0, 0.1) is 0 Å². The number of carbonyl (C=O) groups is 1. The van der Waals surface area contributed by atoms with E-state index in [9.17, 15) is 18.0 Å². The molecule has 0 aromatic carbocycles. The van der Waals surface area contributed by atoms with Gasteiger partial charge < -0.3 is 10.4 Å². The molecule has 0 saturated heterocycles. The van der Waals surface area contributed by atoms with Crippen molar-refractivity contribution in [3.8, 4) is 0 Å². The number of halogens is 4. The Labute approximate surface area is 112 Å². The zero-order chi connectivity index (χ0) is 14.5. The Morgan fingerprint density at radius 1 is 1.42 bits per heavy atom. The number of aliphatic carboxylic acids is 1. The molecule has 4 nitrogen and oxygen atoms in total. The maximum Gasteiger partial charge on any atom is 0.417 e. The SMILES string of the molecule is O=C(O)CCCCNc1ncc(C(F)(F)F)cc1Cl. The van der Waals surface area contributed by atoms with Crippen molar-refractivity contribution in [3.63, 3.8) is 0 Å². The smallest absolute Gasteiger partial charge is 0.417 e. The molecule has 0 saturated carbocycles. The van der Waals surface area contributed by atoms with Gasteiger partial charge in [-0.15, -0.1) is 0 Å². The fourth-order valence-corrected chi connectivity index (χ4v) is 1.56. The maximum absolute atomic E-state index is 12.4. The highest BCUT2D eigenvalue weighted by Gasteiger charge is 2.31. The molecule has 8 heteroatoms. The van der Waals surface area contributed by atoms with Crippen LogP contribution in [0.25, 0.3) is 0 Å². The second kappa shape index (κ2) is 6.60. The third-order valence-electron chi connectivity index (χ3n) is 2.28. The third-order valence-corrected chi connectivity index (χ3v) is 2.57. The lowest BCUT2D eigenvalue weighted by atomic mass is 10.2. The van der Waals surface area contributed by atoms with E-state index in [0.29, 0.717) is 25.6 Å². The maximum atomic E-state index is 12.4. The number of anilines is 1. The van der Waals surface area contributed by atoms with Gasteiger partial charge in [-0.2, -0.15) is 13.2 Å². The third kappa shape index (κ3) is 5.34. The number of nitrogens with zero attached hydrogens (tertiary/aromatic N) is 1. The molecule has 0 amide bonds.